The highest BCUT2D eigenvalue weighted by Gasteiger charge is 2.36. The van der Waals surface area contributed by atoms with Crippen molar-refractivity contribution in [1.82, 2.24) is 0 Å². The zero-order valence-corrected chi connectivity index (χ0v) is 12.1. The van der Waals surface area contributed by atoms with Gasteiger partial charge < -0.3 is 10.5 Å². The molecule has 0 saturated carbocycles. The van der Waals surface area contributed by atoms with Gasteiger partial charge in [-0.15, -0.1) is 0 Å². The van der Waals surface area contributed by atoms with Crippen LogP contribution >= 0.6 is 11.6 Å². The topological polar surface area (TPSA) is 52.3 Å². The molecule has 0 aliphatic heterocycles. The van der Waals surface area contributed by atoms with Gasteiger partial charge in [0.2, 0.25) is 0 Å². The van der Waals surface area contributed by atoms with Crippen molar-refractivity contribution in [3.63, 3.8) is 0 Å². The molecule has 2 aromatic rings. The Kier molecular flexibility index (Phi) is 4.32. The molecule has 2 aromatic carbocycles. The summed E-state index contributed by atoms with van der Waals surface area (Å²) in [6.07, 6.45) is -4.64. The van der Waals surface area contributed by atoms with E-state index >= 15 is 0 Å². The van der Waals surface area contributed by atoms with Crippen LogP contribution in [0.3, 0.4) is 0 Å². The number of rotatable bonds is 3. The maximum Gasteiger partial charge on any atom is 0.419 e. The van der Waals surface area contributed by atoms with E-state index in [9.17, 15) is 18.0 Å². The third kappa shape index (κ3) is 3.01. The van der Waals surface area contributed by atoms with Gasteiger partial charge >= 0.3 is 6.18 Å². The van der Waals surface area contributed by atoms with Crippen LogP contribution in [0.1, 0.15) is 21.5 Å². The monoisotopic (exact) mass is 329 g/mol. The number of anilines is 1. The highest BCUT2D eigenvalue weighted by atomic mass is 35.5. The number of halogens is 4. The molecule has 0 spiro atoms. The summed E-state index contributed by atoms with van der Waals surface area (Å²) in [5.41, 5.74) is 4.58. The first-order chi connectivity index (χ1) is 10.3. The molecule has 3 nitrogen and oxygen atoms in total. The van der Waals surface area contributed by atoms with Crippen LogP contribution in [-0.4, -0.2) is 12.9 Å². The van der Waals surface area contributed by atoms with Crippen LogP contribution in [-0.2, 0) is 6.18 Å². The van der Waals surface area contributed by atoms with Gasteiger partial charge in [-0.3, -0.25) is 4.79 Å². The van der Waals surface area contributed by atoms with Crippen molar-refractivity contribution >= 4 is 23.1 Å². The standard InChI is InChI=1S/C15H11ClF3NO2/c1-22-14-9(3-2-4-11(14)15(17,18)19)13(21)10-7-8(16)5-6-12(10)20/h2-7H,20H2,1H3. The Balaban J connectivity index is 2.62. The van der Waals surface area contributed by atoms with Crippen LogP contribution in [0.2, 0.25) is 5.02 Å². The van der Waals surface area contributed by atoms with Crippen LogP contribution in [0.4, 0.5) is 18.9 Å². The third-order valence-electron chi connectivity index (χ3n) is 3.03. The van der Waals surface area contributed by atoms with Gasteiger partial charge in [0.05, 0.1) is 18.2 Å². The number of hydrogen-bond donors (Lipinski definition) is 1. The molecule has 2 N–H and O–H groups in total. The molecular formula is C15H11ClF3NO2. The molecule has 116 valence electrons. The summed E-state index contributed by atoms with van der Waals surface area (Å²) in [6, 6.07) is 7.43. The van der Waals surface area contributed by atoms with Crippen LogP contribution in [0.15, 0.2) is 36.4 Å². The molecule has 0 saturated heterocycles. The Bertz CT molecular complexity index is 729. The van der Waals surface area contributed by atoms with E-state index < -0.39 is 23.3 Å². The second kappa shape index (κ2) is 5.88. The molecule has 22 heavy (non-hydrogen) atoms. The number of carbonyl (C=O) groups excluding carboxylic acids is 1. The normalized spacial score (nSPS) is 11.3. The van der Waals surface area contributed by atoms with Crippen molar-refractivity contribution in [2.75, 3.05) is 12.8 Å². The smallest absolute Gasteiger partial charge is 0.419 e. The van der Waals surface area contributed by atoms with Crippen molar-refractivity contribution in [2.45, 2.75) is 6.18 Å². The maximum absolute atomic E-state index is 13.0. The Labute approximate surface area is 129 Å². The molecule has 0 heterocycles. The number of hydrogen-bond acceptors (Lipinski definition) is 3. The van der Waals surface area contributed by atoms with E-state index in [0.717, 1.165) is 19.2 Å². The Hall–Kier alpha value is -2.21. The highest BCUT2D eigenvalue weighted by Crippen LogP contribution is 2.39. The molecule has 7 heteroatoms. The summed E-state index contributed by atoms with van der Waals surface area (Å²) in [7, 11) is 1.07. The molecule has 2 rings (SSSR count). The first kappa shape index (κ1) is 16.2. The summed E-state index contributed by atoms with van der Waals surface area (Å²) >= 11 is 5.81. The Morgan fingerprint density at radius 2 is 1.86 bits per heavy atom. The first-order valence-corrected chi connectivity index (χ1v) is 6.47. The number of carbonyl (C=O) groups is 1. The van der Waals surface area contributed by atoms with Gasteiger partial charge in [-0.2, -0.15) is 13.2 Å². The summed E-state index contributed by atoms with van der Waals surface area (Å²) in [6.45, 7) is 0. The van der Waals surface area contributed by atoms with E-state index in [1.54, 1.807) is 0 Å². The molecule has 0 fully saturated rings. The van der Waals surface area contributed by atoms with Crippen molar-refractivity contribution in [3.05, 3.63) is 58.1 Å². The quantitative estimate of drug-likeness (QED) is 0.679. The molecule has 0 radical (unpaired) electrons. The number of methoxy groups -OCH3 is 1. The van der Waals surface area contributed by atoms with Gasteiger partial charge in [0.15, 0.2) is 5.78 Å². The van der Waals surface area contributed by atoms with Crippen molar-refractivity contribution in [2.24, 2.45) is 0 Å². The molecule has 0 bridgehead atoms. The predicted molar refractivity (Wildman–Crippen MR) is 77.3 cm³/mol. The van der Waals surface area contributed by atoms with Gasteiger partial charge in [-0.05, 0) is 30.3 Å². The minimum atomic E-state index is -4.64. The van der Waals surface area contributed by atoms with Crippen molar-refractivity contribution in [1.29, 1.82) is 0 Å². The SMILES string of the molecule is COc1c(C(=O)c2cc(Cl)ccc2N)cccc1C(F)(F)F. The molecule has 0 aromatic heterocycles. The number of ether oxygens (including phenoxy) is 1. The lowest BCUT2D eigenvalue weighted by atomic mass is 9.98. The van der Waals surface area contributed by atoms with Crippen LogP contribution in [0.5, 0.6) is 5.75 Å². The first-order valence-electron chi connectivity index (χ1n) is 6.09. The second-order valence-corrected chi connectivity index (χ2v) is 4.88. The third-order valence-corrected chi connectivity index (χ3v) is 3.26. The van der Waals surface area contributed by atoms with E-state index in [1.165, 1.54) is 24.3 Å². The molecule has 0 aliphatic rings. The fourth-order valence-corrected chi connectivity index (χ4v) is 2.20. The average molecular weight is 330 g/mol. The Morgan fingerprint density at radius 3 is 2.45 bits per heavy atom. The largest absolute Gasteiger partial charge is 0.495 e. The van der Waals surface area contributed by atoms with E-state index in [-0.39, 0.29) is 21.8 Å². The number of ketones is 1. The fraction of sp³-hybridized carbons (Fsp3) is 0.133. The maximum atomic E-state index is 13.0. The Morgan fingerprint density at radius 1 is 1.18 bits per heavy atom. The summed E-state index contributed by atoms with van der Waals surface area (Å²) in [5, 5.41) is 0.253. The molecule has 0 atom stereocenters. The number of nitrogens with two attached hydrogens (primary N) is 1. The fourth-order valence-electron chi connectivity index (χ4n) is 2.03. The lowest BCUT2D eigenvalue weighted by Gasteiger charge is -2.15. The zero-order valence-electron chi connectivity index (χ0n) is 11.4. The van der Waals surface area contributed by atoms with Gasteiger partial charge in [0.25, 0.3) is 0 Å². The van der Waals surface area contributed by atoms with E-state index in [4.69, 9.17) is 22.1 Å². The summed E-state index contributed by atoms with van der Waals surface area (Å²) < 4.78 is 43.8. The van der Waals surface area contributed by atoms with Crippen LogP contribution in [0, 0.1) is 0 Å². The minimum Gasteiger partial charge on any atom is -0.495 e. The van der Waals surface area contributed by atoms with E-state index in [1.807, 2.05) is 0 Å². The van der Waals surface area contributed by atoms with Crippen molar-refractivity contribution in [3.8, 4) is 5.75 Å². The van der Waals surface area contributed by atoms with Gasteiger partial charge in [-0.25, -0.2) is 0 Å². The van der Waals surface area contributed by atoms with Crippen LogP contribution in [0.25, 0.3) is 0 Å². The lowest BCUT2D eigenvalue weighted by molar-refractivity contribution is -0.138. The van der Waals surface area contributed by atoms with Gasteiger partial charge in [0, 0.05) is 16.3 Å². The highest BCUT2D eigenvalue weighted by molar-refractivity contribution is 6.31. The van der Waals surface area contributed by atoms with E-state index in [2.05, 4.69) is 0 Å². The average Bonchev–Trinajstić information content (AvgIpc) is 2.47. The minimum absolute atomic E-state index is 0.0186. The van der Waals surface area contributed by atoms with Gasteiger partial charge in [0.1, 0.15) is 5.75 Å². The van der Waals surface area contributed by atoms with Gasteiger partial charge in [-0.1, -0.05) is 17.7 Å². The number of benzene rings is 2. The predicted octanol–water partition coefficient (Wildman–Crippen LogP) is 4.18. The molecule has 0 aliphatic carbocycles. The molecular weight excluding hydrogens is 319 g/mol. The lowest BCUT2D eigenvalue weighted by Crippen LogP contribution is -2.13. The van der Waals surface area contributed by atoms with Crippen molar-refractivity contribution < 1.29 is 22.7 Å². The summed E-state index contributed by atoms with van der Waals surface area (Å²) in [4.78, 5) is 12.5. The van der Waals surface area contributed by atoms with Crippen LogP contribution < -0.4 is 10.5 Å². The number of nitrogen functional groups attached to an aromatic ring is 1. The second-order valence-electron chi connectivity index (χ2n) is 4.44. The molecule has 0 amide bonds. The summed E-state index contributed by atoms with van der Waals surface area (Å²) in [5.74, 6) is -1.23. The van der Waals surface area contributed by atoms with E-state index in [0.29, 0.717) is 0 Å². The zero-order chi connectivity index (χ0) is 16.5. The number of alkyl halides is 3. The molecule has 0 unspecified atom stereocenters. The number of para-hydroxylation sites is 1.